The third-order valence-electron chi connectivity index (χ3n) is 1.43. The molecule has 2 heterocycles. The van der Waals surface area contributed by atoms with Gasteiger partial charge in [0.1, 0.15) is 5.52 Å². The van der Waals surface area contributed by atoms with Gasteiger partial charge in [0, 0.05) is 0 Å². The second-order valence-electron chi connectivity index (χ2n) is 2.20. The van der Waals surface area contributed by atoms with Crippen molar-refractivity contribution in [2.45, 2.75) is 0 Å². The van der Waals surface area contributed by atoms with Crippen LogP contribution in [0.25, 0.3) is 11.2 Å². The first-order valence-corrected chi connectivity index (χ1v) is 3.11. The molecule has 2 aromatic rings. The Bertz CT molecular complexity index is 484. The SMILES string of the molecule is Nc1ncc2c(n1)[nH]c(=O)n2O. The van der Waals surface area contributed by atoms with E-state index in [0.29, 0.717) is 4.73 Å². The van der Waals surface area contributed by atoms with Crippen LogP contribution in [0.5, 0.6) is 0 Å². The van der Waals surface area contributed by atoms with Crippen LogP contribution in [0.1, 0.15) is 0 Å². The Morgan fingerprint density at radius 3 is 3.17 bits per heavy atom. The first kappa shape index (κ1) is 6.65. The van der Waals surface area contributed by atoms with Gasteiger partial charge < -0.3 is 10.9 Å². The van der Waals surface area contributed by atoms with Crippen molar-refractivity contribution >= 4 is 17.1 Å². The Kier molecular flexibility index (Phi) is 1.09. The van der Waals surface area contributed by atoms with Gasteiger partial charge >= 0.3 is 5.69 Å². The van der Waals surface area contributed by atoms with Crippen molar-refractivity contribution in [1.82, 2.24) is 19.7 Å². The highest BCUT2D eigenvalue weighted by molar-refractivity contribution is 5.69. The van der Waals surface area contributed by atoms with Crippen LogP contribution in [0.2, 0.25) is 0 Å². The molecule has 7 nitrogen and oxygen atoms in total. The fraction of sp³-hybridized carbons (Fsp3) is 0. The highest BCUT2D eigenvalue weighted by atomic mass is 16.5. The van der Waals surface area contributed by atoms with Gasteiger partial charge in [0.25, 0.3) is 0 Å². The molecule has 0 aliphatic rings. The molecular weight excluding hydrogens is 162 g/mol. The lowest BCUT2D eigenvalue weighted by molar-refractivity contribution is 0.188. The molecule has 0 aliphatic heterocycles. The monoisotopic (exact) mass is 167 g/mol. The van der Waals surface area contributed by atoms with Gasteiger partial charge in [0.05, 0.1) is 6.20 Å². The third-order valence-corrected chi connectivity index (χ3v) is 1.43. The minimum atomic E-state index is -0.662. The van der Waals surface area contributed by atoms with Gasteiger partial charge in [0.15, 0.2) is 5.65 Å². The zero-order chi connectivity index (χ0) is 8.72. The highest BCUT2D eigenvalue weighted by Crippen LogP contribution is 2.04. The number of nitrogens with zero attached hydrogens (tertiary/aromatic N) is 3. The topological polar surface area (TPSA) is 110 Å². The van der Waals surface area contributed by atoms with E-state index in [9.17, 15) is 4.79 Å². The van der Waals surface area contributed by atoms with E-state index in [0.717, 1.165) is 0 Å². The molecule has 0 spiro atoms. The number of H-pyrrole nitrogens is 1. The molecule has 0 fully saturated rings. The summed E-state index contributed by atoms with van der Waals surface area (Å²) in [6, 6.07) is 0. The molecule has 0 unspecified atom stereocenters. The molecular formula is C5H5N5O2. The first-order chi connectivity index (χ1) is 5.68. The summed E-state index contributed by atoms with van der Waals surface area (Å²) in [5, 5.41) is 9.04. The summed E-state index contributed by atoms with van der Waals surface area (Å²) in [5.74, 6) is 0.0457. The fourth-order valence-corrected chi connectivity index (χ4v) is 0.900. The Morgan fingerprint density at radius 2 is 2.42 bits per heavy atom. The van der Waals surface area contributed by atoms with Crippen molar-refractivity contribution in [3.05, 3.63) is 16.7 Å². The lowest BCUT2D eigenvalue weighted by atomic mass is 10.6. The molecule has 2 rings (SSSR count). The van der Waals surface area contributed by atoms with Crippen LogP contribution in [0.3, 0.4) is 0 Å². The molecule has 0 bridgehead atoms. The third kappa shape index (κ3) is 0.729. The van der Waals surface area contributed by atoms with Crippen LogP contribution in [0.4, 0.5) is 5.95 Å². The molecule has 0 radical (unpaired) electrons. The van der Waals surface area contributed by atoms with E-state index in [2.05, 4.69) is 15.0 Å². The van der Waals surface area contributed by atoms with Gasteiger partial charge in [-0.05, 0) is 0 Å². The van der Waals surface area contributed by atoms with Crippen molar-refractivity contribution in [2.24, 2.45) is 0 Å². The number of fused-ring (bicyclic) bond motifs is 1. The molecule has 12 heavy (non-hydrogen) atoms. The van der Waals surface area contributed by atoms with Crippen LogP contribution in [0.15, 0.2) is 11.0 Å². The number of aromatic amines is 1. The highest BCUT2D eigenvalue weighted by Gasteiger charge is 2.06. The minimum absolute atomic E-state index is 0.0457. The largest absolute Gasteiger partial charge is 0.423 e. The Morgan fingerprint density at radius 1 is 1.67 bits per heavy atom. The van der Waals surface area contributed by atoms with Crippen LogP contribution in [-0.4, -0.2) is 24.9 Å². The lowest BCUT2D eigenvalue weighted by Gasteiger charge is -1.90. The summed E-state index contributed by atoms with van der Waals surface area (Å²) in [6.07, 6.45) is 1.26. The second-order valence-corrected chi connectivity index (χ2v) is 2.20. The number of imidazole rings is 1. The quantitative estimate of drug-likeness (QED) is 0.433. The van der Waals surface area contributed by atoms with Gasteiger partial charge in [-0.25, -0.2) is 9.78 Å². The molecule has 0 saturated carbocycles. The van der Waals surface area contributed by atoms with Gasteiger partial charge in [-0.15, -0.1) is 4.73 Å². The minimum Gasteiger partial charge on any atom is -0.423 e. The average molecular weight is 167 g/mol. The molecule has 4 N–H and O–H groups in total. The van der Waals surface area contributed by atoms with Gasteiger partial charge in [-0.2, -0.15) is 4.98 Å². The van der Waals surface area contributed by atoms with Crippen LogP contribution in [0, 0.1) is 0 Å². The summed E-state index contributed by atoms with van der Waals surface area (Å²) >= 11 is 0. The Labute approximate surface area is 65.4 Å². The van der Waals surface area contributed by atoms with Crippen molar-refractivity contribution < 1.29 is 5.21 Å². The second kappa shape index (κ2) is 1.97. The summed E-state index contributed by atoms with van der Waals surface area (Å²) in [4.78, 5) is 20.4. The summed E-state index contributed by atoms with van der Waals surface area (Å²) in [6.45, 7) is 0. The van der Waals surface area contributed by atoms with Crippen molar-refractivity contribution in [1.29, 1.82) is 0 Å². The zero-order valence-electron chi connectivity index (χ0n) is 5.85. The normalized spacial score (nSPS) is 10.7. The van der Waals surface area contributed by atoms with E-state index in [-0.39, 0.29) is 17.1 Å². The number of hydrogen-bond acceptors (Lipinski definition) is 5. The maximum absolute atomic E-state index is 10.8. The molecule has 2 aromatic heterocycles. The fourth-order valence-electron chi connectivity index (χ4n) is 0.900. The number of anilines is 1. The van der Waals surface area contributed by atoms with Gasteiger partial charge in [0.2, 0.25) is 5.95 Å². The van der Waals surface area contributed by atoms with Crippen LogP contribution < -0.4 is 11.4 Å². The maximum atomic E-state index is 10.8. The predicted octanol–water partition coefficient (Wildman–Crippen LogP) is -1.06. The predicted molar refractivity (Wildman–Crippen MR) is 39.7 cm³/mol. The summed E-state index contributed by atoms with van der Waals surface area (Å²) in [7, 11) is 0. The van der Waals surface area contributed by atoms with Crippen LogP contribution in [-0.2, 0) is 0 Å². The van der Waals surface area contributed by atoms with Crippen molar-refractivity contribution in [3.8, 4) is 0 Å². The van der Waals surface area contributed by atoms with Crippen molar-refractivity contribution in [2.75, 3.05) is 5.73 Å². The number of aromatic nitrogens is 4. The molecule has 62 valence electrons. The molecule has 0 aromatic carbocycles. The number of nitrogens with two attached hydrogens (primary N) is 1. The molecule has 0 atom stereocenters. The van der Waals surface area contributed by atoms with Crippen molar-refractivity contribution in [3.63, 3.8) is 0 Å². The van der Waals surface area contributed by atoms with E-state index in [4.69, 9.17) is 10.9 Å². The number of nitrogen functional groups attached to an aromatic ring is 1. The molecule has 7 heteroatoms. The van der Waals surface area contributed by atoms with E-state index in [1.165, 1.54) is 6.20 Å². The Hall–Kier alpha value is -2.05. The maximum Gasteiger partial charge on any atom is 0.360 e. The van der Waals surface area contributed by atoms with E-state index in [1.807, 2.05) is 0 Å². The zero-order valence-corrected chi connectivity index (χ0v) is 5.85. The van der Waals surface area contributed by atoms with Crippen LogP contribution >= 0.6 is 0 Å². The molecule has 0 amide bonds. The summed E-state index contributed by atoms with van der Waals surface area (Å²) in [5.41, 5.74) is 5.01. The lowest BCUT2D eigenvalue weighted by Crippen LogP contribution is -2.12. The summed E-state index contributed by atoms with van der Waals surface area (Å²) < 4.78 is 0.425. The molecule has 0 saturated heterocycles. The smallest absolute Gasteiger partial charge is 0.360 e. The number of hydrogen-bond donors (Lipinski definition) is 3. The van der Waals surface area contributed by atoms with E-state index < -0.39 is 5.69 Å². The Balaban J connectivity index is 2.96. The number of nitrogens with one attached hydrogen (secondary N) is 1. The standard InChI is InChI=1S/C5H5N5O2/c6-4-7-1-2-3(8-4)9-5(11)10(2)12/h1,12H,(H3,6,7,8,9,11). The molecule has 0 aliphatic carbocycles. The van der Waals surface area contributed by atoms with Gasteiger partial charge in [-0.1, -0.05) is 0 Å². The number of rotatable bonds is 0. The van der Waals surface area contributed by atoms with Gasteiger partial charge in [-0.3, -0.25) is 4.98 Å². The van der Waals surface area contributed by atoms with E-state index in [1.54, 1.807) is 0 Å². The first-order valence-electron chi connectivity index (χ1n) is 3.11. The average Bonchev–Trinajstić information content (AvgIpc) is 2.28. The van der Waals surface area contributed by atoms with E-state index >= 15 is 0 Å².